The molecule has 3 rings (SSSR count). The molecule has 0 bridgehead atoms. The lowest BCUT2D eigenvalue weighted by Gasteiger charge is -2.14. The van der Waals surface area contributed by atoms with Crippen LogP contribution in [0.4, 0.5) is 0 Å². The maximum absolute atomic E-state index is 12.9. The Morgan fingerprint density at radius 2 is 1.67 bits per heavy atom. The fourth-order valence-corrected chi connectivity index (χ4v) is 2.95. The second-order valence-electron chi connectivity index (χ2n) is 5.82. The number of aryl methyl sites for hydroxylation is 2. The van der Waals surface area contributed by atoms with E-state index in [-0.39, 0.29) is 5.82 Å². The molecule has 3 aromatic rings. The van der Waals surface area contributed by atoms with Crippen LogP contribution in [-0.4, -0.2) is 10.2 Å². The van der Waals surface area contributed by atoms with Crippen LogP contribution in [-0.2, 0) is 6.42 Å². The molecule has 0 aliphatic carbocycles. The quantitative estimate of drug-likeness (QED) is 0.528. The minimum absolute atomic E-state index is 0.229. The molecule has 0 saturated carbocycles. The first-order chi connectivity index (χ1) is 11.5. The van der Waals surface area contributed by atoms with Gasteiger partial charge in [-0.3, -0.25) is 0 Å². The van der Waals surface area contributed by atoms with E-state index in [1.165, 1.54) is 0 Å². The summed E-state index contributed by atoms with van der Waals surface area (Å²) in [5.74, 6) is 0.229. The molecule has 0 N–H and O–H groups in total. The molecule has 0 spiro atoms. The van der Waals surface area contributed by atoms with Crippen molar-refractivity contribution in [1.82, 2.24) is 10.2 Å². The van der Waals surface area contributed by atoms with E-state index in [1.807, 2.05) is 57.2 Å². The average Bonchev–Trinajstić information content (AvgIpc) is 2.56. The molecule has 1 aromatic heterocycles. The summed E-state index contributed by atoms with van der Waals surface area (Å²) >= 11 is 6.29. The number of hydrogen-bond donors (Lipinski definition) is 0. The largest absolute Gasteiger partial charge is 0.710 e. The Bertz CT molecular complexity index is 892. The third-order valence-corrected chi connectivity index (χ3v) is 4.29. The third kappa shape index (κ3) is 2.97. The molecule has 0 aliphatic rings. The Morgan fingerprint density at radius 3 is 2.29 bits per heavy atom. The number of hydrogen-bond acceptors (Lipinski definition) is 3. The van der Waals surface area contributed by atoms with Gasteiger partial charge < -0.3 is 5.21 Å². The lowest BCUT2D eigenvalue weighted by molar-refractivity contribution is -0.605. The number of aromatic nitrogens is 3. The molecule has 24 heavy (non-hydrogen) atoms. The molecule has 4 nitrogen and oxygen atoms in total. The second-order valence-corrected chi connectivity index (χ2v) is 6.22. The molecule has 0 saturated heterocycles. The van der Waals surface area contributed by atoms with Gasteiger partial charge in [0.05, 0.1) is 15.7 Å². The van der Waals surface area contributed by atoms with E-state index < -0.39 is 0 Å². The molecular weight excluding hydrogens is 322 g/mol. The van der Waals surface area contributed by atoms with Gasteiger partial charge in [0.1, 0.15) is 5.69 Å². The molecule has 122 valence electrons. The van der Waals surface area contributed by atoms with Gasteiger partial charge in [0.25, 0.3) is 0 Å². The summed E-state index contributed by atoms with van der Waals surface area (Å²) in [6.07, 6.45) is 0.554. The van der Waals surface area contributed by atoms with Gasteiger partial charge in [0.15, 0.2) is 5.69 Å². The predicted octanol–water partition coefficient (Wildman–Crippen LogP) is 4.28. The van der Waals surface area contributed by atoms with Crippen molar-refractivity contribution >= 4 is 11.6 Å². The third-order valence-electron chi connectivity index (χ3n) is 3.98. The topological polar surface area (TPSA) is 52.7 Å². The van der Waals surface area contributed by atoms with Crippen molar-refractivity contribution in [3.05, 3.63) is 69.5 Å². The van der Waals surface area contributed by atoms with Gasteiger partial charge in [-0.05, 0) is 36.6 Å². The molecule has 0 fully saturated rings. The van der Waals surface area contributed by atoms with Gasteiger partial charge in [0, 0.05) is 12.0 Å². The Kier molecular flexibility index (Phi) is 4.49. The summed E-state index contributed by atoms with van der Waals surface area (Å²) in [6, 6.07) is 13.4. The molecule has 0 amide bonds. The lowest BCUT2D eigenvalue weighted by atomic mass is 10.1. The minimum Gasteiger partial charge on any atom is -0.710 e. The fraction of sp³-hybridized carbons (Fsp3) is 0.211. The summed E-state index contributed by atoms with van der Waals surface area (Å²) in [5.41, 5.74) is 4.86. The van der Waals surface area contributed by atoms with Crippen LogP contribution in [0.5, 0.6) is 0 Å². The molecule has 2 aromatic carbocycles. The van der Waals surface area contributed by atoms with E-state index in [9.17, 15) is 5.21 Å². The molecular formula is C19H18ClN3O. The molecule has 5 heteroatoms. The highest BCUT2D eigenvalue weighted by Gasteiger charge is 2.22. The van der Waals surface area contributed by atoms with Crippen LogP contribution in [0.1, 0.15) is 23.7 Å². The Balaban J connectivity index is 2.16. The van der Waals surface area contributed by atoms with Gasteiger partial charge in [-0.2, -0.15) is 0 Å². The smallest absolute Gasteiger partial charge is 0.362 e. The van der Waals surface area contributed by atoms with Crippen molar-refractivity contribution < 1.29 is 4.73 Å². The highest BCUT2D eigenvalue weighted by Crippen LogP contribution is 2.27. The van der Waals surface area contributed by atoms with Crippen LogP contribution in [0.2, 0.25) is 5.02 Å². The van der Waals surface area contributed by atoms with E-state index >= 15 is 0 Å². The number of rotatable bonds is 3. The first kappa shape index (κ1) is 16.4. The summed E-state index contributed by atoms with van der Waals surface area (Å²) in [6.45, 7) is 5.90. The Hall–Kier alpha value is -2.46. The average molecular weight is 340 g/mol. The van der Waals surface area contributed by atoms with Crippen molar-refractivity contribution in [2.75, 3.05) is 0 Å². The van der Waals surface area contributed by atoms with E-state index in [2.05, 4.69) is 10.2 Å². The van der Waals surface area contributed by atoms with Gasteiger partial charge >= 0.3 is 5.82 Å². The maximum atomic E-state index is 12.9. The summed E-state index contributed by atoms with van der Waals surface area (Å²) < 4.78 is 0.846. The van der Waals surface area contributed by atoms with Gasteiger partial charge in [-0.1, -0.05) is 54.4 Å². The predicted molar refractivity (Wildman–Crippen MR) is 95.7 cm³/mol. The van der Waals surface area contributed by atoms with Crippen molar-refractivity contribution in [1.29, 1.82) is 0 Å². The van der Waals surface area contributed by atoms with Crippen LogP contribution in [0.25, 0.3) is 22.6 Å². The number of halogens is 1. The van der Waals surface area contributed by atoms with E-state index in [1.54, 1.807) is 6.07 Å². The minimum atomic E-state index is 0.229. The van der Waals surface area contributed by atoms with Crippen molar-refractivity contribution in [2.24, 2.45) is 0 Å². The maximum Gasteiger partial charge on any atom is 0.362 e. The van der Waals surface area contributed by atoms with Crippen molar-refractivity contribution in [2.45, 2.75) is 27.2 Å². The van der Waals surface area contributed by atoms with Gasteiger partial charge in [-0.25, -0.2) is 4.73 Å². The summed E-state index contributed by atoms with van der Waals surface area (Å²) in [4.78, 5) is 0. The zero-order valence-corrected chi connectivity index (χ0v) is 14.6. The first-order valence-electron chi connectivity index (χ1n) is 7.84. The van der Waals surface area contributed by atoms with Crippen molar-refractivity contribution in [3.63, 3.8) is 0 Å². The standard InChI is InChI=1S/C19H18ClN3O/c1-4-17-18(14-8-5-12(2)6-9-14)21-22-19(23(17)24)15-10-7-13(3)11-16(15)20/h5-11H,4H2,1-3H3. The molecule has 1 heterocycles. The van der Waals surface area contributed by atoms with E-state index in [0.717, 1.165) is 21.4 Å². The summed E-state index contributed by atoms with van der Waals surface area (Å²) in [5, 5.41) is 21.8. The monoisotopic (exact) mass is 339 g/mol. The van der Waals surface area contributed by atoms with Crippen LogP contribution in [0.3, 0.4) is 0 Å². The van der Waals surface area contributed by atoms with Crippen LogP contribution in [0, 0.1) is 19.1 Å². The Morgan fingerprint density at radius 1 is 1.00 bits per heavy atom. The normalized spacial score (nSPS) is 10.8. The molecule has 0 atom stereocenters. The van der Waals surface area contributed by atoms with Crippen LogP contribution >= 0.6 is 11.6 Å². The van der Waals surface area contributed by atoms with E-state index in [4.69, 9.17) is 11.6 Å². The van der Waals surface area contributed by atoms with Gasteiger partial charge in [-0.15, -0.1) is 0 Å². The SMILES string of the molecule is CCc1c(-c2ccc(C)cc2)nnc(-c2ccc(C)cc2Cl)[n+]1[O-]. The lowest BCUT2D eigenvalue weighted by Crippen LogP contribution is -2.37. The number of nitrogens with zero attached hydrogens (tertiary/aromatic N) is 3. The molecule has 0 radical (unpaired) electrons. The number of benzene rings is 2. The second kappa shape index (κ2) is 6.57. The zero-order valence-electron chi connectivity index (χ0n) is 13.9. The highest BCUT2D eigenvalue weighted by molar-refractivity contribution is 6.33. The van der Waals surface area contributed by atoms with Crippen molar-refractivity contribution in [3.8, 4) is 22.6 Å². The molecule has 0 unspecified atom stereocenters. The summed E-state index contributed by atoms with van der Waals surface area (Å²) in [7, 11) is 0. The first-order valence-corrected chi connectivity index (χ1v) is 8.21. The van der Waals surface area contributed by atoms with E-state index in [0.29, 0.717) is 28.4 Å². The van der Waals surface area contributed by atoms with Gasteiger partial charge in [0.2, 0.25) is 0 Å². The fourth-order valence-electron chi connectivity index (χ4n) is 2.63. The molecule has 0 aliphatic heterocycles. The van der Waals surface area contributed by atoms with Crippen LogP contribution in [0.15, 0.2) is 42.5 Å². The zero-order chi connectivity index (χ0) is 17.3. The highest BCUT2D eigenvalue weighted by atomic mass is 35.5. The van der Waals surface area contributed by atoms with Crippen LogP contribution < -0.4 is 4.73 Å². The Labute approximate surface area is 146 Å².